The number of rotatable bonds is 5. The number of halogens is 2. The molecule has 0 aromatic heterocycles. The SMILES string of the molecule is CN=C(NCc1cccc(C(N)=O)c1)NC1CCN(c2ccc(Br)cc2)C1.I. The summed E-state index contributed by atoms with van der Waals surface area (Å²) in [6, 6.07) is 16.0. The second-order valence-electron chi connectivity index (χ2n) is 6.54. The Bertz CT molecular complexity index is 828. The largest absolute Gasteiger partial charge is 0.369 e. The minimum atomic E-state index is -0.418. The number of primary amides is 1. The second kappa shape index (κ2) is 10.7. The van der Waals surface area contributed by atoms with Crippen LogP contribution in [0.15, 0.2) is 58.0 Å². The third-order valence-corrected chi connectivity index (χ3v) is 5.14. The molecule has 1 aliphatic rings. The van der Waals surface area contributed by atoms with Crippen molar-refractivity contribution < 1.29 is 4.79 Å². The van der Waals surface area contributed by atoms with Gasteiger partial charge in [-0.1, -0.05) is 28.1 Å². The lowest BCUT2D eigenvalue weighted by Gasteiger charge is -2.20. The summed E-state index contributed by atoms with van der Waals surface area (Å²) in [6.45, 7) is 2.51. The summed E-state index contributed by atoms with van der Waals surface area (Å²) in [5.74, 6) is 0.334. The molecule has 0 radical (unpaired) electrons. The first-order valence-corrected chi connectivity index (χ1v) is 9.71. The molecule has 2 aromatic carbocycles. The van der Waals surface area contributed by atoms with Gasteiger partial charge in [0, 0.05) is 48.4 Å². The van der Waals surface area contributed by atoms with E-state index in [4.69, 9.17) is 5.73 Å². The van der Waals surface area contributed by atoms with Crippen molar-refractivity contribution in [3.05, 3.63) is 64.1 Å². The number of amides is 1. The Balaban J connectivity index is 0.00000280. The summed E-state index contributed by atoms with van der Waals surface area (Å²) in [6.07, 6.45) is 1.05. The molecule has 2 aromatic rings. The second-order valence-corrected chi connectivity index (χ2v) is 7.46. The predicted octanol–water partition coefficient (Wildman–Crippen LogP) is 3.11. The highest BCUT2D eigenvalue weighted by molar-refractivity contribution is 14.0. The number of hydrogen-bond donors (Lipinski definition) is 3. The predicted molar refractivity (Wildman–Crippen MR) is 128 cm³/mol. The molecule has 8 heteroatoms. The molecular formula is C20H25BrIN5O. The number of anilines is 1. The quantitative estimate of drug-likeness (QED) is 0.300. The van der Waals surface area contributed by atoms with Gasteiger partial charge in [0.25, 0.3) is 0 Å². The van der Waals surface area contributed by atoms with Crippen LogP contribution < -0.4 is 21.3 Å². The first kappa shape index (κ1) is 22.5. The molecule has 1 amide bonds. The smallest absolute Gasteiger partial charge is 0.248 e. The van der Waals surface area contributed by atoms with Gasteiger partial charge in [0.15, 0.2) is 5.96 Å². The van der Waals surface area contributed by atoms with Gasteiger partial charge >= 0.3 is 0 Å². The molecule has 0 aliphatic carbocycles. The van der Waals surface area contributed by atoms with Crippen LogP contribution in [0.2, 0.25) is 0 Å². The van der Waals surface area contributed by atoms with Crippen LogP contribution in [0.1, 0.15) is 22.3 Å². The average Bonchev–Trinajstić information content (AvgIpc) is 3.14. The van der Waals surface area contributed by atoms with Crippen molar-refractivity contribution in [1.82, 2.24) is 10.6 Å². The molecule has 1 fully saturated rings. The van der Waals surface area contributed by atoms with Crippen LogP contribution in [0, 0.1) is 0 Å². The summed E-state index contributed by atoms with van der Waals surface area (Å²) in [5.41, 5.74) is 8.07. The molecule has 0 saturated carbocycles. The van der Waals surface area contributed by atoms with Gasteiger partial charge in [-0.05, 0) is 48.4 Å². The number of hydrogen-bond acceptors (Lipinski definition) is 3. The normalized spacial score (nSPS) is 16.4. The average molecular weight is 558 g/mol. The van der Waals surface area contributed by atoms with E-state index in [9.17, 15) is 4.79 Å². The van der Waals surface area contributed by atoms with E-state index < -0.39 is 5.91 Å². The number of carbonyl (C=O) groups is 1. The Hall–Kier alpha value is -1.81. The van der Waals surface area contributed by atoms with Crippen molar-refractivity contribution in [3.8, 4) is 0 Å². The highest BCUT2D eigenvalue weighted by Crippen LogP contribution is 2.22. The molecule has 4 N–H and O–H groups in total. The van der Waals surface area contributed by atoms with E-state index in [1.165, 1.54) is 5.69 Å². The standard InChI is InChI=1S/C20H24BrN5O.HI/c1-23-20(24-12-14-3-2-4-15(11-14)19(22)27)25-17-9-10-26(13-17)18-7-5-16(21)6-8-18;/h2-8,11,17H,9-10,12-13H2,1H3,(H2,22,27)(H2,23,24,25);1H. The monoisotopic (exact) mass is 557 g/mol. The Labute approximate surface area is 191 Å². The van der Waals surface area contributed by atoms with Crippen LogP contribution >= 0.6 is 39.9 Å². The number of nitrogens with zero attached hydrogens (tertiary/aromatic N) is 2. The fraction of sp³-hybridized carbons (Fsp3) is 0.300. The zero-order valence-corrected chi connectivity index (χ0v) is 19.6. The van der Waals surface area contributed by atoms with Crippen molar-refractivity contribution in [2.45, 2.75) is 19.0 Å². The van der Waals surface area contributed by atoms with Crippen LogP contribution in [-0.2, 0) is 6.54 Å². The molecule has 0 spiro atoms. The maximum atomic E-state index is 11.3. The van der Waals surface area contributed by atoms with Crippen molar-refractivity contribution in [2.24, 2.45) is 10.7 Å². The van der Waals surface area contributed by atoms with Gasteiger partial charge in [-0.2, -0.15) is 0 Å². The molecule has 1 heterocycles. The van der Waals surface area contributed by atoms with Crippen LogP contribution in [0.3, 0.4) is 0 Å². The van der Waals surface area contributed by atoms with Gasteiger partial charge in [0.1, 0.15) is 0 Å². The Morgan fingerprint density at radius 1 is 1.29 bits per heavy atom. The van der Waals surface area contributed by atoms with Crippen molar-refractivity contribution >= 4 is 57.5 Å². The first-order chi connectivity index (χ1) is 13.0. The summed E-state index contributed by atoms with van der Waals surface area (Å²) < 4.78 is 1.09. The van der Waals surface area contributed by atoms with E-state index in [1.807, 2.05) is 12.1 Å². The van der Waals surface area contributed by atoms with Gasteiger partial charge in [-0.15, -0.1) is 24.0 Å². The van der Waals surface area contributed by atoms with Crippen LogP contribution in [0.5, 0.6) is 0 Å². The summed E-state index contributed by atoms with van der Waals surface area (Å²) >= 11 is 3.48. The van der Waals surface area contributed by atoms with Gasteiger partial charge in [-0.25, -0.2) is 0 Å². The lowest BCUT2D eigenvalue weighted by Crippen LogP contribution is -2.44. The minimum Gasteiger partial charge on any atom is -0.369 e. The van der Waals surface area contributed by atoms with E-state index in [0.717, 1.165) is 35.5 Å². The van der Waals surface area contributed by atoms with E-state index in [2.05, 4.69) is 60.7 Å². The van der Waals surface area contributed by atoms with E-state index in [-0.39, 0.29) is 24.0 Å². The Morgan fingerprint density at radius 2 is 2.04 bits per heavy atom. The lowest BCUT2D eigenvalue weighted by atomic mass is 10.1. The van der Waals surface area contributed by atoms with Crippen LogP contribution in [0.25, 0.3) is 0 Å². The van der Waals surface area contributed by atoms with Crippen molar-refractivity contribution in [1.29, 1.82) is 0 Å². The van der Waals surface area contributed by atoms with Gasteiger partial charge in [0.2, 0.25) is 5.91 Å². The zero-order valence-electron chi connectivity index (χ0n) is 15.7. The number of benzene rings is 2. The van der Waals surface area contributed by atoms with E-state index in [1.54, 1.807) is 19.2 Å². The lowest BCUT2D eigenvalue weighted by molar-refractivity contribution is 0.1000. The van der Waals surface area contributed by atoms with Crippen molar-refractivity contribution in [3.63, 3.8) is 0 Å². The van der Waals surface area contributed by atoms with Crippen molar-refractivity contribution in [2.75, 3.05) is 25.0 Å². The van der Waals surface area contributed by atoms with Gasteiger partial charge < -0.3 is 21.3 Å². The molecule has 0 bridgehead atoms. The first-order valence-electron chi connectivity index (χ1n) is 8.91. The fourth-order valence-electron chi connectivity index (χ4n) is 3.17. The minimum absolute atomic E-state index is 0. The maximum absolute atomic E-state index is 11.3. The van der Waals surface area contributed by atoms with Crippen LogP contribution in [-0.4, -0.2) is 38.0 Å². The molecule has 3 rings (SSSR count). The van der Waals surface area contributed by atoms with Crippen LogP contribution in [0.4, 0.5) is 5.69 Å². The highest BCUT2D eigenvalue weighted by Gasteiger charge is 2.23. The summed E-state index contributed by atoms with van der Waals surface area (Å²) in [5, 5.41) is 6.78. The van der Waals surface area contributed by atoms with Gasteiger partial charge in [-0.3, -0.25) is 9.79 Å². The summed E-state index contributed by atoms with van der Waals surface area (Å²) in [7, 11) is 1.76. The van der Waals surface area contributed by atoms with E-state index >= 15 is 0 Å². The maximum Gasteiger partial charge on any atom is 0.248 e. The zero-order chi connectivity index (χ0) is 19.2. The fourth-order valence-corrected chi connectivity index (χ4v) is 3.44. The van der Waals surface area contributed by atoms with Gasteiger partial charge in [0.05, 0.1) is 0 Å². The number of nitrogens with two attached hydrogens (primary N) is 1. The Morgan fingerprint density at radius 3 is 2.71 bits per heavy atom. The topological polar surface area (TPSA) is 82.7 Å². The third-order valence-electron chi connectivity index (χ3n) is 4.62. The molecule has 1 unspecified atom stereocenters. The molecule has 1 saturated heterocycles. The molecule has 6 nitrogen and oxygen atoms in total. The molecule has 150 valence electrons. The number of guanidine groups is 1. The molecule has 1 aliphatic heterocycles. The summed E-state index contributed by atoms with van der Waals surface area (Å²) in [4.78, 5) is 18.0. The third kappa shape index (κ3) is 6.10. The number of aliphatic imine (C=N–C) groups is 1. The number of carbonyl (C=O) groups excluding carboxylic acids is 1. The molecule has 1 atom stereocenters. The Kier molecular flexibility index (Phi) is 8.56. The highest BCUT2D eigenvalue weighted by atomic mass is 127. The van der Waals surface area contributed by atoms with E-state index in [0.29, 0.717) is 18.2 Å². The molecular weight excluding hydrogens is 533 g/mol. The molecule has 28 heavy (non-hydrogen) atoms. The number of nitrogens with one attached hydrogen (secondary N) is 2.